The van der Waals surface area contributed by atoms with E-state index in [4.69, 9.17) is 16.3 Å². The van der Waals surface area contributed by atoms with Crippen molar-refractivity contribution in [1.29, 1.82) is 0 Å². The summed E-state index contributed by atoms with van der Waals surface area (Å²) in [6.07, 6.45) is 6.70. The average molecular weight is 478 g/mol. The Hall–Kier alpha value is -2.61. The number of hydrogen-bond donors (Lipinski definition) is 3. The SMILES string of the molecule is O=CC(CC1CCNC1=O)NC(=O)C(CC1CCCCC1)NC(=O)OCc1cccc(Cl)c1. The summed E-state index contributed by atoms with van der Waals surface area (Å²) < 4.78 is 5.29. The number of hydrogen-bond acceptors (Lipinski definition) is 5. The molecule has 3 unspecified atom stereocenters. The Bertz CT molecular complexity index is 843. The van der Waals surface area contributed by atoms with Gasteiger partial charge in [-0.2, -0.15) is 0 Å². The molecule has 1 aliphatic heterocycles. The lowest BCUT2D eigenvalue weighted by Gasteiger charge is -2.27. The molecule has 180 valence electrons. The standard InChI is InChI=1S/C24H32ClN3O5/c25-19-8-4-7-17(11-19)15-33-24(32)28-21(12-16-5-2-1-3-6-16)23(31)27-20(14-29)13-18-9-10-26-22(18)30/h4,7-8,11,14,16,18,20-21H,1-3,5-6,9-10,12-13,15H2,(H,26,30)(H,27,31)(H,28,32). The molecular formula is C24H32ClN3O5. The summed E-state index contributed by atoms with van der Waals surface area (Å²) in [5.74, 6) is -0.515. The molecule has 3 atom stereocenters. The van der Waals surface area contributed by atoms with Gasteiger partial charge in [0.1, 0.15) is 18.9 Å². The normalized spacial score (nSPS) is 20.4. The van der Waals surface area contributed by atoms with E-state index in [0.717, 1.165) is 31.2 Å². The molecule has 0 spiro atoms. The lowest BCUT2D eigenvalue weighted by molar-refractivity contribution is -0.127. The van der Waals surface area contributed by atoms with Gasteiger partial charge in [-0.05, 0) is 42.9 Å². The van der Waals surface area contributed by atoms with Crippen molar-refractivity contribution in [2.75, 3.05) is 6.54 Å². The van der Waals surface area contributed by atoms with Gasteiger partial charge in [0.2, 0.25) is 11.8 Å². The highest BCUT2D eigenvalue weighted by molar-refractivity contribution is 6.30. The van der Waals surface area contributed by atoms with Crippen molar-refractivity contribution in [3.63, 3.8) is 0 Å². The summed E-state index contributed by atoms with van der Waals surface area (Å²) in [4.78, 5) is 48.9. The third kappa shape index (κ3) is 8.03. The Kier molecular flexibility index (Phi) is 9.54. The number of nitrogens with one attached hydrogen (secondary N) is 3. The molecule has 0 radical (unpaired) electrons. The van der Waals surface area contributed by atoms with E-state index >= 15 is 0 Å². The number of carbonyl (C=O) groups is 4. The van der Waals surface area contributed by atoms with Crippen LogP contribution in [-0.2, 0) is 25.7 Å². The first-order valence-corrected chi connectivity index (χ1v) is 12.0. The molecule has 2 fully saturated rings. The van der Waals surface area contributed by atoms with Crippen molar-refractivity contribution in [2.24, 2.45) is 11.8 Å². The quantitative estimate of drug-likeness (QED) is 0.448. The summed E-state index contributed by atoms with van der Waals surface area (Å²) in [7, 11) is 0. The highest BCUT2D eigenvalue weighted by atomic mass is 35.5. The Labute approximate surface area is 199 Å². The van der Waals surface area contributed by atoms with Gasteiger partial charge in [0.05, 0.1) is 6.04 Å². The van der Waals surface area contributed by atoms with Crippen LogP contribution < -0.4 is 16.0 Å². The fourth-order valence-corrected chi connectivity index (χ4v) is 4.77. The van der Waals surface area contributed by atoms with Crippen molar-refractivity contribution < 1.29 is 23.9 Å². The molecule has 1 heterocycles. The number of ether oxygens (including phenoxy) is 1. The molecule has 1 aromatic carbocycles. The van der Waals surface area contributed by atoms with Crippen molar-refractivity contribution in [3.8, 4) is 0 Å². The fourth-order valence-electron chi connectivity index (χ4n) is 4.56. The van der Waals surface area contributed by atoms with E-state index in [1.165, 1.54) is 6.42 Å². The first kappa shape index (κ1) is 25.0. The molecule has 2 aliphatic rings. The molecule has 1 saturated carbocycles. The van der Waals surface area contributed by atoms with Gasteiger partial charge in [-0.3, -0.25) is 9.59 Å². The summed E-state index contributed by atoms with van der Waals surface area (Å²) in [5, 5.41) is 8.68. The second kappa shape index (κ2) is 12.6. The molecule has 8 nitrogen and oxygen atoms in total. The van der Waals surface area contributed by atoms with Crippen LogP contribution in [0.5, 0.6) is 0 Å². The Morgan fingerprint density at radius 2 is 1.94 bits per heavy atom. The Balaban J connectivity index is 1.59. The highest BCUT2D eigenvalue weighted by Gasteiger charge is 2.31. The van der Waals surface area contributed by atoms with E-state index in [1.54, 1.807) is 24.3 Å². The molecular weight excluding hydrogens is 446 g/mol. The van der Waals surface area contributed by atoms with Gasteiger partial charge in [-0.15, -0.1) is 0 Å². The molecule has 33 heavy (non-hydrogen) atoms. The topological polar surface area (TPSA) is 114 Å². The van der Waals surface area contributed by atoms with E-state index in [1.807, 2.05) is 0 Å². The smallest absolute Gasteiger partial charge is 0.408 e. The van der Waals surface area contributed by atoms with E-state index in [0.29, 0.717) is 36.6 Å². The van der Waals surface area contributed by atoms with E-state index < -0.39 is 24.1 Å². The number of halogens is 1. The summed E-state index contributed by atoms with van der Waals surface area (Å²) in [6.45, 7) is 0.602. The third-order valence-electron chi connectivity index (χ3n) is 6.35. The second-order valence-electron chi connectivity index (χ2n) is 8.91. The van der Waals surface area contributed by atoms with Crippen molar-refractivity contribution >= 4 is 35.8 Å². The van der Waals surface area contributed by atoms with Crippen LogP contribution in [-0.4, -0.2) is 42.8 Å². The van der Waals surface area contributed by atoms with E-state index in [9.17, 15) is 19.2 Å². The van der Waals surface area contributed by atoms with E-state index in [2.05, 4.69) is 16.0 Å². The number of alkyl carbamates (subject to hydrolysis) is 1. The predicted octanol–water partition coefficient (Wildman–Crippen LogP) is 3.12. The zero-order valence-corrected chi connectivity index (χ0v) is 19.4. The minimum Gasteiger partial charge on any atom is -0.445 e. The molecule has 1 aliphatic carbocycles. The fraction of sp³-hybridized carbons (Fsp3) is 0.583. The zero-order valence-electron chi connectivity index (χ0n) is 18.7. The van der Waals surface area contributed by atoms with E-state index in [-0.39, 0.29) is 24.9 Å². The maximum Gasteiger partial charge on any atom is 0.408 e. The largest absolute Gasteiger partial charge is 0.445 e. The lowest BCUT2D eigenvalue weighted by Crippen LogP contribution is -2.51. The van der Waals surface area contributed by atoms with Gasteiger partial charge in [0.25, 0.3) is 0 Å². The predicted molar refractivity (Wildman–Crippen MR) is 123 cm³/mol. The summed E-state index contributed by atoms with van der Waals surface area (Å²) in [6, 6.07) is 5.38. The number of carbonyl (C=O) groups excluding carboxylic acids is 4. The monoisotopic (exact) mass is 477 g/mol. The van der Waals surface area contributed by atoms with Crippen LogP contribution in [0.4, 0.5) is 4.79 Å². The van der Waals surface area contributed by atoms with Crippen LogP contribution in [0.25, 0.3) is 0 Å². The Morgan fingerprint density at radius 3 is 2.61 bits per heavy atom. The first-order valence-electron chi connectivity index (χ1n) is 11.7. The van der Waals surface area contributed by atoms with Gasteiger partial charge in [0.15, 0.2) is 0 Å². The van der Waals surface area contributed by atoms with Gasteiger partial charge in [0, 0.05) is 17.5 Å². The molecule has 3 amide bonds. The highest BCUT2D eigenvalue weighted by Crippen LogP contribution is 2.27. The van der Waals surface area contributed by atoms with Gasteiger partial charge >= 0.3 is 6.09 Å². The summed E-state index contributed by atoms with van der Waals surface area (Å²) in [5.41, 5.74) is 0.738. The van der Waals surface area contributed by atoms with Gasteiger partial charge in [-0.25, -0.2) is 4.79 Å². The minimum absolute atomic E-state index is 0.0257. The van der Waals surface area contributed by atoms with Crippen LogP contribution in [0.15, 0.2) is 24.3 Å². The molecule has 9 heteroatoms. The maximum absolute atomic E-state index is 13.0. The Morgan fingerprint density at radius 1 is 1.15 bits per heavy atom. The molecule has 0 aromatic heterocycles. The molecule has 1 saturated heterocycles. The van der Waals surface area contributed by atoms with Crippen LogP contribution >= 0.6 is 11.6 Å². The van der Waals surface area contributed by atoms with Gasteiger partial charge < -0.3 is 25.5 Å². The number of amides is 3. The van der Waals surface area contributed by atoms with Crippen LogP contribution in [0, 0.1) is 11.8 Å². The van der Waals surface area contributed by atoms with Crippen molar-refractivity contribution in [3.05, 3.63) is 34.9 Å². The lowest BCUT2D eigenvalue weighted by atomic mass is 9.84. The number of rotatable bonds is 10. The van der Waals surface area contributed by atoms with Crippen LogP contribution in [0.3, 0.4) is 0 Å². The van der Waals surface area contributed by atoms with Crippen LogP contribution in [0.1, 0.15) is 56.9 Å². The molecule has 3 rings (SSSR count). The average Bonchev–Trinajstić information content (AvgIpc) is 3.21. The molecule has 1 aromatic rings. The third-order valence-corrected chi connectivity index (χ3v) is 6.59. The number of aldehydes is 1. The molecule has 0 bridgehead atoms. The first-order chi connectivity index (χ1) is 15.9. The minimum atomic E-state index is -0.820. The van der Waals surface area contributed by atoms with Crippen molar-refractivity contribution in [1.82, 2.24) is 16.0 Å². The van der Waals surface area contributed by atoms with Gasteiger partial charge in [-0.1, -0.05) is 55.8 Å². The zero-order chi connectivity index (χ0) is 23.6. The second-order valence-corrected chi connectivity index (χ2v) is 9.34. The number of benzene rings is 1. The molecule has 3 N–H and O–H groups in total. The summed E-state index contributed by atoms with van der Waals surface area (Å²) >= 11 is 5.96. The maximum atomic E-state index is 13.0. The van der Waals surface area contributed by atoms with Crippen molar-refractivity contribution in [2.45, 2.75) is 70.1 Å². The van der Waals surface area contributed by atoms with Crippen LogP contribution in [0.2, 0.25) is 5.02 Å².